The van der Waals surface area contributed by atoms with Crippen LogP contribution in [0.4, 0.5) is 0 Å². The Balaban J connectivity index is 0.000000212. The van der Waals surface area contributed by atoms with Gasteiger partial charge in [0.15, 0.2) is 0 Å². The van der Waals surface area contributed by atoms with Gasteiger partial charge in [0.05, 0.1) is 6.17 Å². The Morgan fingerprint density at radius 1 is 1.15 bits per heavy atom. The van der Waals surface area contributed by atoms with Crippen molar-refractivity contribution in [1.82, 2.24) is 10.2 Å². The van der Waals surface area contributed by atoms with Crippen LogP contribution in [0.25, 0.3) is 0 Å². The van der Waals surface area contributed by atoms with Crippen molar-refractivity contribution in [3.8, 4) is 0 Å². The number of benzene rings is 1. The van der Waals surface area contributed by atoms with Gasteiger partial charge < -0.3 is 10.2 Å². The molecule has 2 fully saturated rings. The lowest BCUT2D eigenvalue weighted by Gasteiger charge is -2.23. The zero-order chi connectivity index (χ0) is 14.5. The number of carboxylic acids is 2. The Morgan fingerprint density at radius 2 is 1.80 bits per heavy atom. The number of nitrogens with zero attached hydrogens (tertiary/aromatic N) is 1. The van der Waals surface area contributed by atoms with E-state index in [9.17, 15) is 0 Å². The lowest BCUT2D eigenvalue weighted by atomic mass is 10.1. The Labute approximate surface area is 117 Å². The normalized spacial score (nSPS) is 24.6. The largest absolute Gasteiger partial charge is 0.473 e. The summed E-state index contributed by atoms with van der Waals surface area (Å²) in [5.41, 5.74) is 1.41. The molecule has 2 heterocycles. The Hall–Kier alpha value is -1.92. The van der Waals surface area contributed by atoms with E-state index in [4.69, 9.17) is 19.8 Å². The Morgan fingerprint density at radius 3 is 2.40 bits per heavy atom. The molecule has 1 aromatic rings. The summed E-state index contributed by atoms with van der Waals surface area (Å²) < 4.78 is 0. The first-order valence-electron chi connectivity index (χ1n) is 6.60. The maximum atomic E-state index is 9.10. The highest BCUT2D eigenvalue weighted by molar-refractivity contribution is 6.27. The predicted molar refractivity (Wildman–Crippen MR) is 72.2 cm³/mol. The molecule has 1 aromatic carbocycles. The van der Waals surface area contributed by atoms with E-state index >= 15 is 0 Å². The number of aliphatic carboxylic acids is 2. The van der Waals surface area contributed by atoms with Crippen LogP contribution in [0.2, 0.25) is 0 Å². The fraction of sp³-hybridized carbons (Fsp3) is 0.429. The van der Waals surface area contributed by atoms with Crippen molar-refractivity contribution in [3.05, 3.63) is 35.9 Å². The van der Waals surface area contributed by atoms with Crippen LogP contribution in [0.1, 0.15) is 24.6 Å². The number of carboxylic acid groups (broad SMARTS) is 2. The molecule has 3 N–H and O–H groups in total. The minimum atomic E-state index is -1.82. The van der Waals surface area contributed by atoms with Crippen molar-refractivity contribution in [3.63, 3.8) is 0 Å². The number of carbonyl (C=O) groups is 2. The van der Waals surface area contributed by atoms with E-state index in [0.29, 0.717) is 6.17 Å². The zero-order valence-electron chi connectivity index (χ0n) is 11.0. The summed E-state index contributed by atoms with van der Waals surface area (Å²) >= 11 is 0. The minimum Gasteiger partial charge on any atom is -0.473 e. The SMILES string of the molecule is O=C(O)C(=O)O.c1ccc(C2NCC3CCCN32)cc1. The molecular weight excluding hydrogens is 260 g/mol. The fourth-order valence-electron chi connectivity index (χ4n) is 2.73. The minimum absolute atomic E-state index is 0.476. The monoisotopic (exact) mass is 278 g/mol. The summed E-state index contributed by atoms with van der Waals surface area (Å²) in [4.78, 5) is 20.8. The third kappa shape index (κ3) is 3.34. The highest BCUT2D eigenvalue weighted by atomic mass is 16.4. The zero-order valence-corrected chi connectivity index (χ0v) is 11.0. The molecule has 0 aliphatic carbocycles. The van der Waals surface area contributed by atoms with Crippen LogP contribution in [-0.2, 0) is 9.59 Å². The molecule has 108 valence electrons. The van der Waals surface area contributed by atoms with E-state index in [0.717, 1.165) is 6.04 Å². The summed E-state index contributed by atoms with van der Waals surface area (Å²) in [7, 11) is 0. The van der Waals surface area contributed by atoms with Crippen LogP contribution in [0.5, 0.6) is 0 Å². The highest BCUT2D eigenvalue weighted by Gasteiger charge is 2.36. The summed E-state index contributed by atoms with van der Waals surface area (Å²) in [6.07, 6.45) is 3.22. The van der Waals surface area contributed by atoms with Crippen molar-refractivity contribution in [2.24, 2.45) is 0 Å². The molecule has 0 bridgehead atoms. The molecule has 0 saturated carbocycles. The van der Waals surface area contributed by atoms with Gasteiger partial charge in [-0.25, -0.2) is 9.59 Å². The first-order valence-corrected chi connectivity index (χ1v) is 6.60. The Kier molecular flexibility index (Phi) is 4.70. The smallest absolute Gasteiger partial charge is 0.414 e. The van der Waals surface area contributed by atoms with E-state index in [1.54, 1.807) is 0 Å². The van der Waals surface area contributed by atoms with E-state index < -0.39 is 11.9 Å². The van der Waals surface area contributed by atoms with Crippen LogP contribution in [0, 0.1) is 0 Å². The molecule has 6 nitrogen and oxygen atoms in total. The van der Waals surface area contributed by atoms with Gasteiger partial charge in [0.1, 0.15) is 0 Å². The van der Waals surface area contributed by atoms with Gasteiger partial charge in [-0.2, -0.15) is 0 Å². The van der Waals surface area contributed by atoms with Gasteiger partial charge in [-0.15, -0.1) is 0 Å². The first-order chi connectivity index (χ1) is 9.59. The van der Waals surface area contributed by atoms with Gasteiger partial charge in [0.25, 0.3) is 0 Å². The third-order valence-electron chi connectivity index (χ3n) is 3.60. The second-order valence-electron chi connectivity index (χ2n) is 4.87. The third-order valence-corrected chi connectivity index (χ3v) is 3.60. The molecule has 3 rings (SSSR count). The second-order valence-corrected chi connectivity index (χ2v) is 4.87. The van der Waals surface area contributed by atoms with Crippen LogP contribution in [0.3, 0.4) is 0 Å². The molecule has 20 heavy (non-hydrogen) atoms. The van der Waals surface area contributed by atoms with Crippen LogP contribution in [-0.4, -0.2) is 46.2 Å². The van der Waals surface area contributed by atoms with E-state index in [-0.39, 0.29) is 0 Å². The van der Waals surface area contributed by atoms with Crippen molar-refractivity contribution in [1.29, 1.82) is 0 Å². The predicted octanol–water partition coefficient (Wildman–Crippen LogP) is 0.908. The molecule has 0 aromatic heterocycles. The number of hydrogen-bond acceptors (Lipinski definition) is 4. The molecule has 2 aliphatic rings. The average Bonchev–Trinajstić information content (AvgIpc) is 3.02. The van der Waals surface area contributed by atoms with Crippen LogP contribution < -0.4 is 5.32 Å². The van der Waals surface area contributed by atoms with Gasteiger partial charge >= 0.3 is 11.9 Å². The molecule has 0 spiro atoms. The van der Waals surface area contributed by atoms with Crippen molar-refractivity contribution in [2.45, 2.75) is 25.0 Å². The number of fused-ring (bicyclic) bond motifs is 1. The van der Waals surface area contributed by atoms with E-state index in [2.05, 4.69) is 40.5 Å². The summed E-state index contributed by atoms with van der Waals surface area (Å²) in [6.45, 7) is 2.43. The standard InChI is InChI=1S/C12H16N2.C2H2O4/c1-2-5-10(6-3-1)12-13-9-11-7-4-8-14(11)12;3-1(4)2(5)6/h1-3,5-6,11-13H,4,7-9H2;(H,3,4)(H,5,6). The van der Waals surface area contributed by atoms with Gasteiger partial charge in [-0.3, -0.25) is 10.2 Å². The average molecular weight is 278 g/mol. The van der Waals surface area contributed by atoms with E-state index in [1.807, 2.05) is 0 Å². The molecule has 2 atom stereocenters. The highest BCUT2D eigenvalue weighted by Crippen LogP contribution is 2.31. The summed E-state index contributed by atoms with van der Waals surface area (Å²) in [5, 5.41) is 18.4. The number of nitrogens with one attached hydrogen (secondary N) is 1. The fourth-order valence-corrected chi connectivity index (χ4v) is 2.73. The maximum Gasteiger partial charge on any atom is 0.414 e. The van der Waals surface area contributed by atoms with Gasteiger partial charge in [-0.05, 0) is 18.4 Å². The number of rotatable bonds is 1. The first kappa shape index (κ1) is 14.5. The van der Waals surface area contributed by atoms with Crippen LogP contribution >= 0.6 is 0 Å². The van der Waals surface area contributed by atoms with Crippen LogP contribution in [0.15, 0.2) is 30.3 Å². The molecule has 6 heteroatoms. The summed E-state index contributed by atoms with van der Waals surface area (Å²) in [6, 6.07) is 11.6. The summed E-state index contributed by atoms with van der Waals surface area (Å²) in [5.74, 6) is -3.65. The van der Waals surface area contributed by atoms with Gasteiger partial charge in [0, 0.05) is 19.1 Å². The van der Waals surface area contributed by atoms with Crippen molar-refractivity contribution < 1.29 is 19.8 Å². The van der Waals surface area contributed by atoms with E-state index in [1.165, 1.54) is 31.5 Å². The lowest BCUT2D eigenvalue weighted by molar-refractivity contribution is -0.159. The second kappa shape index (κ2) is 6.49. The molecule has 2 saturated heterocycles. The topological polar surface area (TPSA) is 89.9 Å². The van der Waals surface area contributed by atoms with Crippen molar-refractivity contribution in [2.75, 3.05) is 13.1 Å². The molecule has 0 radical (unpaired) electrons. The number of hydrogen-bond donors (Lipinski definition) is 3. The Bertz CT molecular complexity index is 465. The van der Waals surface area contributed by atoms with Gasteiger partial charge in [-0.1, -0.05) is 30.3 Å². The molecular formula is C14H18N2O4. The molecule has 2 aliphatic heterocycles. The maximum absolute atomic E-state index is 9.10. The quantitative estimate of drug-likeness (QED) is 0.662. The lowest BCUT2D eigenvalue weighted by Crippen LogP contribution is -2.28. The molecule has 0 amide bonds. The van der Waals surface area contributed by atoms with Gasteiger partial charge in [0.2, 0.25) is 0 Å². The molecule has 2 unspecified atom stereocenters. The van der Waals surface area contributed by atoms with Crippen molar-refractivity contribution >= 4 is 11.9 Å².